The van der Waals surface area contributed by atoms with E-state index in [1.807, 2.05) is 0 Å². The van der Waals surface area contributed by atoms with Crippen LogP contribution in [-0.2, 0) is 6.42 Å². The average molecular weight is 253 g/mol. The summed E-state index contributed by atoms with van der Waals surface area (Å²) in [4.78, 5) is 0. The first-order valence-corrected chi connectivity index (χ1v) is 6.91. The van der Waals surface area contributed by atoms with Gasteiger partial charge in [-0.1, -0.05) is 0 Å². The van der Waals surface area contributed by atoms with Gasteiger partial charge in [-0.2, -0.15) is 0 Å². The maximum absolute atomic E-state index is 2.40. The van der Waals surface area contributed by atoms with Crippen LogP contribution in [0.5, 0.6) is 0 Å². The molecular weight excluding hydrogens is 235 g/mol. The van der Waals surface area contributed by atoms with Crippen LogP contribution in [0.4, 0.5) is 0 Å². The van der Waals surface area contributed by atoms with Crippen LogP contribution in [0.2, 0.25) is 4.31 Å². The minimum atomic E-state index is 0.540. The Morgan fingerprint density at radius 1 is 1.14 bits per heavy atom. The molecule has 0 atom stereocenters. The molecule has 0 spiro atoms. The molecule has 1 heteroatoms. The van der Waals surface area contributed by atoms with Gasteiger partial charge in [-0.3, -0.25) is 0 Å². The Morgan fingerprint density at radius 2 is 1.79 bits per heavy atom. The first-order valence-electron chi connectivity index (χ1n) is 5.19. The van der Waals surface area contributed by atoms with E-state index < -0.39 is 0 Å². The van der Waals surface area contributed by atoms with Crippen LogP contribution in [0.1, 0.15) is 36.1 Å². The monoisotopic (exact) mass is 254 g/mol. The van der Waals surface area contributed by atoms with Gasteiger partial charge in [0.1, 0.15) is 0 Å². The molecule has 0 saturated carbocycles. The van der Waals surface area contributed by atoms with Gasteiger partial charge in [-0.05, 0) is 0 Å². The molecule has 1 aliphatic rings. The molecule has 0 unspecified atom stereocenters. The second-order valence-corrected chi connectivity index (χ2v) is 8.59. The summed E-state index contributed by atoms with van der Waals surface area (Å²) in [6, 6.07) is 2.35. The molecule has 1 heterocycles. The van der Waals surface area contributed by atoms with Gasteiger partial charge in [0.2, 0.25) is 0 Å². The predicted octanol–water partition coefficient (Wildman–Crippen LogP) is 2.70. The van der Waals surface area contributed by atoms with E-state index in [4.69, 9.17) is 0 Å². The molecule has 0 N–H and O–H groups in total. The molecule has 76 valence electrons. The molecule has 0 nitrogen and oxygen atoms in total. The van der Waals surface area contributed by atoms with Crippen molar-refractivity contribution in [3.63, 3.8) is 0 Å². The fraction of sp³-hybridized carbons (Fsp3) is 0.538. The summed E-state index contributed by atoms with van der Waals surface area (Å²) in [6.07, 6.45) is 1.29. The van der Waals surface area contributed by atoms with Crippen molar-refractivity contribution < 1.29 is 0 Å². The van der Waals surface area contributed by atoms with Crippen LogP contribution in [0.15, 0.2) is 6.07 Å². The zero-order chi connectivity index (χ0) is 10.5. The van der Waals surface area contributed by atoms with E-state index in [0.717, 1.165) is 0 Å². The second kappa shape index (κ2) is 3.12. The Labute approximate surface area is 93.3 Å². The maximum atomic E-state index is 2.40. The molecule has 0 amide bonds. The van der Waals surface area contributed by atoms with Crippen molar-refractivity contribution in [2.45, 2.75) is 45.4 Å². The van der Waals surface area contributed by atoms with Crippen molar-refractivity contribution in [1.29, 1.82) is 0 Å². The summed E-state index contributed by atoms with van der Waals surface area (Å²) in [5.74, 6) is 0. The Bertz CT molecular complexity index is 389. The van der Waals surface area contributed by atoms with Crippen LogP contribution in [0.3, 0.4) is 0 Å². The molecule has 0 radical (unpaired) electrons. The van der Waals surface area contributed by atoms with Crippen LogP contribution in [-0.4, -0.2) is 15.0 Å². The van der Waals surface area contributed by atoms with E-state index in [9.17, 15) is 0 Å². The van der Waals surface area contributed by atoms with Crippen LogP contribution >= 0.6 is 0 Å². The van der Waals surface area contributed by atoms with Crippen molar-refractivity contribution in [2.75, 3.05) is 0 Å². The van der Waals surface area contributed by atoms with Crippen LogP contribution in [0, 0.1) is 20.8 Å². The standard InChI is InChI=1S/C13H18Se/c1-8-6-9(2)11-7-13(4,5)14-12(11)10(8)3/h6H,7H2,1-5H3. The normalized spacial score (nSPS) is 18.4. The summed E-state index contributed by atoms with van der Waals surface area (Å²) in [5.41, 5.74) is 6.19. The van der Waals surface area contributed by atoms with E-state index in [1.165, 1.54) is 17.5 Å². The van der Waals surface area contributed by atoms with Gasteiger partial charge in [-0.15, -0.1) is 0 Å². The Hall–Kier alpha value is -0.261. The van der Waals surface area contributed by atoms with E-state index in [1.54, 1.807) is 15.6 Å². The number of hydrogen-bond donors (Lipinski definition) is 0. The molecule has 0 bridgehead atoms. The van der Waals surface area contributed by atoms with Gasteiger partial charge >= 0.3 is 93.1 Å². The van der Waals surface area contributed by atoms with E-state index in [2.05, 4.69) is 40.7 Å². The molecule has 0 fully saturated rings. The van der Waals surface area contributed by atoms with Gasteiger partial charge in [0.25, 0.3) is 0 Å². The first-order chi connectivity index (χ1) is 6.41. The predicted molar refractivity (Wildman–Crippen MR) is 63.8 cm³/mol. The zero-order valence-corrected chi connectivity index (χ0v) is 11.4. The molecule has 0 saturated heterocycles. The molecule has 0 aliphatic carbocycles. The van der Waals surface area contributed by atoms with Gasteiger partial charge < -0.3 is 0 Å². The Morgan fingerprint density at radius 3 is 2.43 bits per heavy atom. The quantitative estimate of drug-likeness (QED) is 0.624. The molecule has 2 rings (SSSR count). The molecular formula is C13H18Se. The summed E-state index contributed by atoms with van der Waals surface area (Å²) < 4.78 is 2.23. The van der Waals surface area contributed by atoms with Gasteiger partial charge in [0, 0.05) is 0 Å². The SMILES string of the molecule is Cc1cc(C)c2c(c1C)[Se]C(C)(C)C2. The molecule has 14 heavy (non-hydrogen) atoms. The van der Waals surface area contributed by atoms with E-state index >= 15 is 0 Å². The van der Waals surface area contributed by atoms with Crippen molar-refractivity contribution >= 4 is 19.4 Å². The van der Waals surface area contributed by atoms with Crippen molar-refractivity contribution in [3.8, 4) is 0 Å². The molecule has 1 aromatic carbocycles. The third-order valence-electron chi connectivity index (χ3n) is 3.10. The fourth-order valence-corrected chi connectivity index (χ4v) is 5.22. The van der Waals surface area contributed by atoms with Crippen LogP contribution in [0.25, 0.3) is 0 Å². The number of fused-ring (bicyclic) bond motifs is 1. The van der Waals surface area contributed by atoms with Gasteiger partial charge in [-0.25, -0.2) is 0 Å². The Balaban J connectivity index is 2.61. The fourth-order valence-electron chi connectivity index (χ4n) is 2.20. The van der Waals surface area contributed by atoms with E-state index in [-0.39, 0.29) is 0 Å². The molecule has 0 aromatic heterocycles. The molecule has 1 aromatic rings. The van der Waals surface area contributed by atoms with E-state index in [0.29, 0.717) is 19.3 Å². The number of benzene rings is 1. The second-order valence-electron chi connectivity index (χ2n) is 4.98. The van der Waals surface area contributed by atoms with Gasteiger partial charge in [0.05, 0.1) is 0 Å². The van der Waals surface area contributed by atoms with Crippen molar-refractivity contribution in [1.82, 2.24) is 0 Å². The number of hydrogen-bond acceptors (Lipinski definition) is 0. The number of rotatable bonds is 0. The summed E-state index contributed by atoms with van der Waals surface area (Å²) in [7, 11) is 0. The first kappa shape index (κ1) is 10.3. The third-order valence-corrected chi connectivity index (χ3v) is 6.15. The summed E-state index contributed by atoms with van der Waals surface area (Å²) >= 11 is 0.670. The van der Waals surface area contributed by atoms with Crippen molar-refractivity contribution in [2.24, 2.45) is 0 Å². The summed E-state index contributed by atoms with van der Waals surface area (Å²) in [5, 5.41) is 0. The summed E-state index contributed by atoms with van der Waals surface area (Å²) in [6.45, 7) is 11.6. The minimum absolute atomic E-state index is 0.540. The third kappa shape index (κ3) is 1.53. The van der Waals surface area contributed by atoms with Crippen LogP contribution < -0.4 is 4.46 Å². The zero-order valence-electron chi connectivity index (χ0n) is 9.69. The number of aryl methyl sites for hydroxylation is 2. The van der Waals surface area contributed by atoms with Gasteiger partial charge in [0.15, 0.2) is 0 Å². The molecule has 1 aliphatic heterocycles. The average Bonchev–Trinajstić information content (AvgIpc) is 2.38. The Kier molecular flexibility index (Phi) is 2.28. The van der Waals surface area contributed by atoms with Crippen molar-refractivity contribution in [3.05, 3.63) is 28.3 Å². The topological polar surface area (TPSA) is 0 Å².